The van der Waals surface area contributed by atoms with Gasteiger partial charge in [0.25, 0.3) is 0 Å². The Bertz CT molecular complexity index is 203. The zero-order chi connectivity index (χ0) is 9.31. The van der Waals surface area contributed by atoms with Crippen molar-refractivity contribution in [2.75, 3.05) is 19.6 Å². The summed E-state index contributed by atoms with van der Waals surface area (Å²) >= 11 is 5.35. The summed E-state index contributed by atoms with van der Waals surface area (Å²) in [6, 6.07) is 0. The maximum Gasteiger partial charge on any atom is 0.235 e. The van der Waals surface area contributed by atoms with E-state index in [4.69, 9.17) is 11.6 Å². The van der Waals surface area contributed by atoms with E-state index in [0.717, 1.165) is 13.1 Å². The van der Waals surface area contributed by atoms with Crippen LogP contribution in [0.15, 0.2) is 0 Å². The molecule has 1 spiro atoms. The van der Waals surface area contributed by atoms with E-state index in [0.29, 0.717) is 12.0 Å². The molecule has 2 nitrogen and oxygen atoms in total. The van der Waals surface area contributed by atoms with Crippen molar-refractivity contribution in [3.8, 4) is 0 Å². The molecule has 2 fully saturated rings. The highest BCUT2D eigenvalue weighted by Crippen LogP contribution is 2.48. The van der Waals surface area contributed by atoms with Gasteiger partial charge in [-0.2, -0.15) is 0 Å². The van der Waals surface area contributed by atoms with Crippen LogP contribution < -0.4 is 0 Å². The van der Waals surface area contributed by atoms with Gasteiger partial charge in [0.15, 0.2) is 0 Å². The molecule has 0 N–H and O–H groups in total. The molecule has 2 rings (SSSR count). The predicted molar refractivity (Wildman–Crippen MR) is 52.8 cm³/mol. The van der Waals surface area contributed by atoms with E-state index in [1.807, 2.05) is 0 Å². The van der Waals surface area contributed by atoms with Crippen LogP contribution in [0.2, 0.25) is 0 Å². The van der Waals surface area contributed by atoms with Gasteiger partial charge in [-0.3, -0.25) is 9.69 Å². The van der Waals surface area contributed by atoms with Crippen molar-refractivity contribution in [2.24, 2.45) is 5.41 Å². The Morgan fingerprint density at radius 2 is 1.85 bits per heavy atom. The third-order valence-electron chi connectivity index (χ3n) is 3.68. The third kappa shape index (κ3) is 2.05. The summed E-state index contributed by atoms with van der Waals surface area (Å²) in [4.78, 5) is 12.9. The van der Waals surface area contributed by atoms with Crippen molar-refractivity contribution >= 4 is 16.8 Å². The maximum atomic E-state index is 10.7. The molecular formula is C10H16ClNO. The molecule has 1 aliphatic heterocycles. The van der Waals surface area contributed by atoms with E-state index in [1.54, 1.807) is 0 Å². The molecular weight excluding hydrogens is 186 g/mol. The first kappa shape index (κ1) is 9.47. The molecule has 1 heterocycles. The highest BCUT2D eigenvalue weighted by Gasteiger charge is 2.39. The molecule has 0 radical (unpaired) electrons. The number of rotatable bonds is 2. The minimum absolute atomic E-state index is 0.218. The lowest BCUT2D eigenvalue weighted by atomic mass is 9.63. The normalized spacial score (nSPS) is 27.2. The van der Waals surface area contributed by atoms with Crippen LogP contribution >= 0.6 is 11.6 Å². The molecule has 1 saturated carbocycles. The third-order valence-corrected chi connectivity index (χ3v) is 3.80. The molecule has 0 unspecified atom stereocenters. The van der Waals surface area contributed by atoms with Gasteiger partial charge in [0.2, 0.25) is 5.24 Å². The van der Waals surface area contributed by atoms with Gasteiger partial charge in [-0.1, -0.05) is 6.42 Å². The standard InChI is InChI=1S/C10H16ClNO/c11-9(13)8-12-6-4-10(5-7-12)2-1-3-10/h1-8H2. The molecule has 13 heavy (non-hydrogen) atoms. The lowest BCUT2D eigenvalue weighted by Gasteiger charge is -2.47. The lowest BCUT2D eigenvalue weighted by molar-refractivity contribution is -0.113. The fourth-order valence-corrected chi connectivity index (χ4v) is 2.71. The smallest absolute Gasteiger partial charge is 0.235 e. The average molecular weight is 202 g/mol. The zero-order valence-corrected chi connectivity index (χ0v) is 8.65. The topological polar surface area (TPSA) is 20.3 Å². The Kier molecular flexibility index (Phi) is 2.61. The number of hydrogen-bond donors (Lipinski definition) is 0. The quantitative estimate of drug-likeness (QED) is 0.638. The minimum atomic E-state index is -0.218. The van der Waals surface area contributed by atoms with Crippen LogP contribution in [-0.2, 0) is 4.79 Å². The Hall–Kier alpha value is -0.0800. The second kappa shape index (κ2) is 3.58. The summed E-state index contributed by atoms with van der Waals surface area (Å²) in [5.74, 6) is 0. The fourth-order valence-electron chi connectivity index (χ4n) is 2.54. The largest absolute Gasteiger partial charge is 0.295 e. The Balaban J connectivity index is 1.79. The number of nitrogens with zero attached hydrogens (tertiary/aromatic N) is 1. The molecule has 1 saturated heterocycles. The Morgan fingerprint density at radius 1 is 1.23 bits per heavy atom. The first-order chi connectivity index (χ1) is 6.20. The molecule has 1 aliphatic carbocycles. The molecule has 0 aromatic heterocycles. The predicted octanol–water partition coefficient (Wildman–Crippen LogP) is 2.02. The summed E-state index contributed by atoms with van der Waals surface area (Å²) in [6.45, 7) is 2.58. The minimum Gasteiger partial charge on any atom is -0.295 e. The first-order valence-corrected chi connectivity index (χ1v) is 5.49. The van der Waals surface area contributed by atoms with E-state index in [-0.39, 0.29) is 5.24 Å². The van der Waals surface area contributed by atoms with E-state index < -0.39 is 0 Å². The SMILES string of the molecule is O=C(Cl)CN1CCC2(CCC2)CC1. The number of piperidine rings is 1. The number of carbonyl (C=O) groups is 1. The highest BCUT2D eigenvalue weighted by atomic mass is 35.5. The summed E-state index contributed by atoms with van der Waals surface area (Å²) in [5, 5.41) is -0.218. The zero-order valence-electron chi connectivity index (χ0n) is 7.89. The molecule has 0 amide bonds. The summed E-state index contributed by atoms with van der Waals surface area (Å²) in [5.41, 5.74) is 0.672. The monoisotopic (exact) mass is 201 g/mol. The maximum absolute atomic E-state index is 10.7. The van der Waals surface area contributed by atoms with E-state index >= 15 is 0 Å². The van der Waals surface area contributed by atoms with Crippen LogP contribution in [-0.4, -0.2) is 29.8 Å². The number of halogens is 1. The van der Waals surface area contributed by atoms with E-state index in [2.05, 4.69) is 4.90 Å². The van der Waals surface area contributed by atoms with Crippen molar-refractivity contribution in [1.82, 2.24) is 4.90 Å². The van der Waals surface area contributed by atoms with Gasteiger partial charge >= 0.3 is 0 Å². The van der Waals surface area contributed by atoms with Crippen LogP contribution in [0.1, 0.15) is 32.1 Å². The first-order valence-electron chi connectivity index (χ1n) is 5.11. The van der Waals surface area contributed by atoms with Crippen LogP contribution in [0.25, 0.3) is 0 Å². The van der Waals surface area contributed by atoms with Crippen molar-refractivity contribution in [1.29, 1.82) is 0 Å². The molecule has 0 atom stereocenters. The van der Waals surface area contributed by atoms with Gasteiger partial charge in [0, 0.05) is 0 Å². The van der Waals surface area contributed by atoms with Crippen molar-refractivity contribution < 1.29 is 4.79 Å². The second-order valence-corrected chi connectivity index (χ2v) is 4.91. The van der Waals surface area contributed by atoms with E-state index in [1.165, 1.54) is 32.1 Å². The van der Waals surface area contributed by atoms with Crippen molar-refractivity contribution in [3.05, 3.63) is 0 Å². The van der Waals surface area contributed by atoms with Gasteiger partial charge in [-0.05, 0) is 55.8 Å². The molecule has 0 bridgehead atoms. The molecule has 2 aliphatic rings. The van der Waals surface area contributed by atoms with Gasteiger partial charge in [0.1, 0.15) is 0 Å². The van der Waals surface area contributed by atoms with Crippen LogP contribution in [0, 0.1) is 5.41 Å². The van der Waals surface area contributed by atoms with Crippen molar-refractivity contribution in [2.45, 2.75) is 32.1 Å². The van der Waals surface area contributed by atoms with Gasteiger partial charge in [0.05, 0.1) is 6.54 Å². The van der Waals surface area contributed by atoms with Crippen LogP contribution in [0.3, 0.4) is 0 Å². The van der Waals surface area contributed by atoms with Crippen LogP contribution in [0.4, 0.5) is 0 Å². The summed E-state index contributed by atoms with van der Waals surface area (Å²) < 4.78 is 0. The Morgan fingerprint density at radius 3 is 2.23 bits per heavy atom. The Labute approximate surface area is 84.2 Å². The van der Waals surface area contributed by atoms with Crippen molar-refractivity contribution in [3.63, 3.8) is 0 Å². The highest BCUT2D eigenvalue weighted by molar-refractivity contribution is 6.64. The molecule has 74 valence electrons. The lowest BCUT2D eigenvalue weighted by Crippen LogP contribution is -2.44. The summed E-state index contributed by atoms with van der Waals surface area (Å²) in [6.07, 6.45) is 6.79. The second-order valence-electron chi connectivity index (χ2n) is 4.48. The van der Waals surface area contributed by atoms with E-state index in [9.17, 15) is 4.79 Å². The average Bonchev–Trinajstić information content (AvgIpc) is 2.02. The molecule has 0 aromatic rings. The number of carbonyl (C=O) groups excluding carboxylic acids is 1. The van der Waals surface area contributed by atoms with Gasteiger partial charge in [-0.15, -0.1) is 0 Å². The fraction of sp³-hybridized carbons (Fsp3) is 0.900. The summed E-state index contributed by atoms with van der Waals surface area (Å²) in [7, 11) is 0. The number of hydrogen-bond acceptors (Lipinski definition) is 2. The molecule has 3 heteroatoms. The van der Waals surface area contributed by atoms with Crippen LogP contribution in [0.5, 0.6) is 0 Å². The number of likely N-dealkylation sites (tertiary alicyclic amines) is 1. The molecule has 0 aromatic carbocycles. The van der Waals surface area contributed by atoms with Gasteiger partial charge < -0.3 is 0 Å². The van der Waals surface area contributed by atoms with Gasteiger partial charge in [-0.25, -0.2) is 0 Å².